The first kappa shape index (κ1) is 9.64. The Morgan fingerprint density at radius 1 is 1.35 bits per heavy atom. The quantitative estimate of drug-likeness (QED) is 0.768. The van der Waals surface area contributed by atoms with E-state index >= 15 is 0 Å². The van der Waals surface area contributed by atoms with E-state index in [0.717, 1.165) is 0 Å². The molecule has 1 aliphatic rings. The highest BCUT2D eigenvalue weighted by Crippen LogP contribution is 2.25. The predicted molar refractivity (Wildman–Crippen MR) is 57.6 cm³/mol. The molecule has 2 heterocycles. The van der Waals surface area contributed by atoms with Gasteiger partial charge in [-0.05, 0) is 18.2 Å². The Kier molecular flexibility index (Phi) is 1.97. The molecular formula is C10H6FN5O. The summed E-state index contributed by atoms with van der Waals surface area (Å²) < 4.78 is 13.0. The van der Waals surface area contributed by atoms with Gasteiger partial charge in [0.2, 0.25) is 5.95 Å². The number of amides is 1. The fourth-order valence-electron chi connectivity index (χ4n) is 1.60. The number of nitrogens with one attached hydrogen (secondary N) is 2. The average Bonchev–Trinajstić information content (AvgIpc) is 2.88. The van der Waals surface area contributed by atoms with Crippen LogP contribution in [0.4, 0.5) is 16.0 Å². The third-order valence-corrected chi connectivity index (χ3v) is 2.32. The summed E-state index contributed by atoms with van der Waals surface area (Å²) in [5.74, 6) is -0.570. The van der Waals surface area contributed by atoms with Crippen LogP contribution in [0.3, 0.4) is 0 Å². The maximum atomic E-state index is 13.0. The number of hydrogen-bond acceptors (Lipinski definition) is 4. The molecule has 17 heavy (non-hydrogen) atoms. The maximum Gasteiger partial charge on any atom is 0.275 e. The van der Waals surface area contributed by atoms with Crippen molar-refractivity contribution in [3.05, 3.63) is 35.9 Å². The summed E-state index contributed by atoms with van der Waals surface area (Å²) in [5.41, 5.74) is 1.15. The first-order chi connectivity index (χ1) is 8.24. The van der Waals surface area contributed by atoms with Crippen molar-refractivity contribution in [3.8, 4) is 0 Å². The summed E-state index contributed by atoms with van der Waals surface area (Å²) in [6.45, 7) is 0. The SMILES string of the molecule is O=C1Nc2cc(F)ccc2/C1=N/c1ncn[nH]1. The Morgan fingerprint density at radius 2 is 2.24 bits per heavy atom. The van der Waals surface area contributed by atoms with Crippen molar-refractivity contribution in [1.29, 1.82) is 0 Å². The number of benzene rings is 1. The Bertz CT molecular complexity index is 620. The van der Waals surface area contributed by atoms with Gasteiger partial charge < -0.3 is 5.32 Å². The molecule has 1 aromatic heterocycles. The largest absolute Gasteiger partial charge is 0.320 e. The average molecular weight is 231 g/mol. The lowest BCUT2D eigenvalue weighted by molar-refractivity contribution is -0.110. The van der Waals surface area contributed by atoms with Gasteiger partial charge in [-0.2, -0.15) is 10.1 Å². The number of fused-ring (bicyclic) bond motifs is 1. The molecule has 7 heteroatoms. The Labute approximate surface area is 94.6 Å². The van der Waals surface area contributed by atoms with Crippen molar-refractivity contribution in [2.75, 3.05) is 5.32 Å². The number of rotatable bonds is 1. The molecule has 0 radical (unpaired) electrons. The molecule has 1 aliphatic heterocycles. The minimum absolute atomic E-state index is 0.191. The smallest absolute Gasteiger partial charge is 0.275 e. The van der Waals surface area contributed by atoms with Crippen LogP contribution in [0, 0.1) is 5.82 Å². The summed E-state index contributed by atoms with van der Waals surface area (Å²) in [7, 11) is 0. The molecule has 2 N–H and O–H groups in total. The van der Waals surface area contributed by atoms with E-state index in [1.807, 2.05) is 0 Å². The van der Waals surface area contributed by atoms with Gasteiger partial charge in [0.05, 0.1) is 5.69 Å². The maximum absolute atomic E-state index is 13.0. The zero-order chi connectivity index (χ0) is 11.8. The summed E-state index contributed by atoms with van der Waals surface area (Å²) in [5, 5.41) is 8.68. The summed E-state index contributed by atoms with van der Waals surface area (Å²) in [6.07, 6.45) is 1.29. The molecule has 0 saturated carbocycles. The zero-order valence-corrected chi connectivity index (χ0v) is 8.44. The molecule has 84 valence electrons. The first-order valence-electron chi connectivity index (χ1n) is 4.79. The van der Waals surface area contributed by atoms with Crippen molar-refractivity contribution in [1.82, 2.24) is 15.2 Å². The van der Waals surface area contributed by atoms with E-state index in [9.17, 15) is 9.18 Å². The molecule has 1 amide bonds. The Balaban J connectivity index is 2.11. The lowest BCUT2D eigenvalue weighted by Gasteiger charge is -1.96. The minimum Gasteiger partial charge on any atom is -0.320 e. The summed E-state index contributed by atoms with van der Waals surface area (Å²) in [4.78, 5) is 19.5. The van der Waals surface area contributed by atoms with E-state index in [0.29, 0.717) is 11.3 Å². The van der Waals surface area contributed by atoms with Gasteiger partial charge in [-0.3, -0.25) is 4.79 Å². The van der Waals surface area contributed by atoms with Crippen LogP contribution in [0.25, 0.3) is 0 Å². The molecule has 3 rings (SSSR count). The van der Waals surface area contributed by atoms with E-state index in [-0.39, 0.29) is 17.6 Å². The number of aromatic nitrogens is 3. The van der Waals surface area contributed by atoms with Crippen LogP contribution in [0.1, 0.15) is 5.56 Å². The molecule has 6 nitrogen and oxygen atoms in total. The van der Waals surface area contributed by atoms with Gasteiger partial charge in [-0.1, -0.05) is 0 Å². The molecular weight excluding hydrogens is 225 g/mol. The third-order valence-electron chi connectivity index (χ3n) is 2.32. The highest BCUT2D eigenvalue weighted by atomic mass is 19.1. The van der Waals surface area contributed by atoms with Crippen molar-refractivity contribution in [2.24, 2.45) is 4.99 Å². The summed E-state index contributed by atoms with van der Waals surface area (Å²) >= 11 is 0. The minimum atomic E-state index is -0.412. The van der Waals surface area contributed by atoms with E-state index in [1.54, 1.807) is 0 Å². The fraction of sp³-hybridized carbons (Fsp3) is 0. The van der Waals surface area contributed by atoms with Crippen LogP contribution < -0.4 is 5.32 Å². The molecule has 0 aliphatic carbocycles. The standard InChI is InChI=1S/C10H6FN5O/c11-5-1-2-6-7(3-5)14-9(17)8(6)15-10-12-4-13-16-10/h1-4H,(H2,12,13,14,15,16,17). The van der Waals surface area contributed by atoms with Crippen LogP contribution >= 0.6 is 0 Å². The number of aliphatic imine (C=N–C) groups is 1. The topological polar surface area (TPSA) is 83.0 Å². The van der Waals surface area contributed by atoms with Crippen LogP contribution in [0.15, 0.2) is 29.5 Å². The van der Waals surface area contributed by atoms with Gasteiger partial charge in [0, 0.05) is 5.56 Å². The number of carbonyl (C=O) groups excluding carboxylic acids is 1. The second-order valence-electron chi connectivity index (χ2n) is 3.41. The third kappa shape index (κ3) is 1.57. The molecule has 0 fully saturated rings. The number of carbonyl (C=O) groups is 1. The second kappa shape index (κ2) is 3.48. The van der Waals surface area contributed by atoms with Gasteiger partial charge in [-0.25, -0.2) is 14.5 Å². The molecule has 0 atom stereocenters. The number of halogens is 1. The Morgan fingerprint density at radius 3 is 3.00 bits per heavy atom. The zero-order valence-electron chi connectivity index (χ0n) is 8.44. The lowest BCUT2D eigenvalue weighted by Crippen LogP contribution is -2.14. The highest BCUT2D eigenvalue weighted by molar-refractivity contribution is 6.54. The second-order valence-corrected chi connectivity index (χ2v) is 3.41. The number of aromatic amines is 1. The van der Waals surface area contributed by atoms with Crippen LogP contribution in [-0.4, -0.2) is 26.8 Å². The molecule has 2 aromatic rings. The number of nitrogens with zero attached hydrogens (tertiary/aromatic N) is 3. The van der Waals surface area contributed by atoms with Crippen molar-refractivity contribution in [3.63, 3.8) is 0 Å². The van der Waals surface area contributed by atoms with Crippen LogP contribution in [-0.2, 0) is 4.79 Å². The van der Waals surface area contributed by atoms with Gasteiger partial charge >= 0.3 is 0 Å². The van der Waals surface area contributed by atoms with Crippen LogP contribution in [0.5, 0.6) is 0 Å². The fourth-order valence-corrected chi connectivity index (χ4v) is 1.60. The summed E-state index contributed by atoms with van der Waals surface area (Å²) in [6, 6.07) is 4.02. The van der Waals surface area contributed by atoms with E-state index in [4.69, 9.17) is 0 Å². The predicted octanol–water partition coefficient (Wildman–Crippen LogP) is 1.02. The van der Waals surface area contributed by atoms with Crippen LogP contribution in [0.2, 0.25) is 0 Å². The van der Waals surface area contributed by atoms with Crippen molar-refractivity contribution < 1.29 is 9.18 Å². The normalized spacial score (nSPS) is 16.1. The van der Waals surface area contributed by atoms with Gasteiger partial charge in [0.15, 0.2) is 0 Å². The molecule has 0 unspecified atom stereocenters. The number of H-pyrrole nitrogens is 1. The highest BCUT2D eigenvalue weighted by Gasteiger charge is 2.26. The molecule has 0 bridgehead atoms. The van der Waals surface area contributed by atoms with Gasteiger partial charge in [0.25, 0.3) is 5.91 Å². The van der Waals surface area contributed by atoms with Gasteiger partial charge in [-0.15, -0.1) is 0 Å². The monoisotopic (exact) mass is 231 g/mol. The molecule has 1 aromatic carbocycles. The first-order valence-corrected chi connectivity index (χ1v) is 4.79. The van der Waals surface area contributed by atoms with E-state index < -0.39 is 5.82 Å². The van der Waals surface area contributed by atoms with Crippen molar-refractivity contribution >= 4 is 23.3 Å². The van der Waals surface area contributed by atoms with E-state index in [2.05, 4.69) is 25.5 Å². The van der Waals surface area contributed by atoms with E-state index in [1.165, 1.54) is 24.5 Å². The lowest BCUT2D eigenvalue weighted by atomic mass is 10.1. The van der Waals surface area contributed by atoms with Gasteiger partial charge in [0.1, 0.15) is 17.9 Å². The molecule has 0 spiro atoms. The van der Waals surface area contributed by atoms with Crippen molar-refractivity contribution in [2.45, 2.75) is 0 Å². The number of hydrogen-bond donors (Lipinski definition) is 2. The Hall–Kier alpha value is -2.57. The molecule has 0 saturated heterocycles. The number of anilines is 1.